The van der Waals surface area contributed by atoms with Crippen LogP contribution >= 0.6 is 54.3 Å². The Balaban J connectivity index is 0.000000157. The van der Waals surface area contributed by atoms with E-state index in [2.05, 4.69) is 66.6 Å². The van der Waals surface area contributed by atoms with E-state index in [-0.39, 0.29) is 54.7 Å². The molecule has 47 heteroatoms. The fraction of sp³-hybridized carbons (Fsp3) is 0.485. The predicted octanol–water partition coefficient (Wildman–Crippen LogP) is 17.9. The number of ketones is 2. The maximum absolute atomic E-state index is 16.0. The van der Waals surface area contributed by atoms with E-state index >= 15 is 8.78 Å². The Bertz CT molecular complexity index is 6030. The van der Waals surface area contributed by atoms with Crippen LogP contribution in [0, 0.1) is 29.1 Å². The molecule has 774 valence electrons. The molecule has 144 heavy (non-hydrogen) atoms. The van der Waals surface area contributed by atoms with Gasteiger partial charge in [0.15, 0.2) is 47.6 Å². The highest BCUT2D eigenvalue weighted by molar-refractivity contribution is 7.53. The third-order valence-corrected chi connectivity index (χ3v) is 31.6. The first kappa shape index (κ1) is 110. The smallest absolute Gasteiger partial charge is 0.462 e. The van der Waals surface area contributed by atoms with E-state index in [1.54, 1.807) is 161 Å². The molecule has 5 fully saturated rings. The van der Waals surface area contributed by atoms with E-state index in [4.69, 9.17) is 102 Å². The summed E-state index contributed by atoms with van der Waals surface area (Å²) in [5, 5.41) is 5.04. The van der Waals surface area contributed by atoms with Crippen LogP contribution in [-0.4, -0.2) is 200 Å². The van der Waals surface area contributed by atoms with Crippen molar-refractivity contribution < 1.29 is 144 Å². The number of hydrogen-bond donors (Lipinski definition) is 1. The van der Waals surface area contributed by atoms with Gasteiger partial charge in [0.1, 0.15) is 24.4 Å². The molecule has 23 atom stereocenters. The molecule has 4 aromatic heterocycles. The molecule has 9 unspecified atom stereocenters. The highest BCUT2D eigenvalue weighted by Gasteiger charge is 2.63. The van der Waals surface area contributed by atoms with Gasteiger partial charge in [-0.1, -0.05) is 86.5 Å². The Kier molecular flexibility index (Phi) is 36.4. The van der Waals surface area contributed by atoms with Crippen molar-refractivity contribution in [2.24, 2.45) is 38.6 Å². The number of hydroxylamine groups is 2. The summed E-state index contributed by atoms with van der Waals surface area (Å²) in [4.78, 5) is 116. The van der Waals surface area contributed by atoms with Crippen LogP contribution in [0.15, 0.2) is 205 Å². The van der Waals surface area contributed by atoms with Crippen LogP contribution in [0.1, 0.15) is 198 Å². The number of fused-ring (bicyclic) bond motifs is 1. The van der Waals surface area contributed by atoms with Crippen molar-refractivity contribution >= 4 is 113 Å². The molecule has 0 spiro atoms. The number of phosphoric ester groups is 1. The number of hydrogen-bond acceptors (Lipinski definition) is 34. The maximum Gasteiger partial charge on any atom is 0.492 e. The van der Waals surface area contributed by atoms with Gasteiger partial charge in [-0.25, -0.2) is 41.2 Å². The highest BCUT2D eigenvalue weighted by Crippen LogP contribution is 2.62. The summed E-state index contributed by atoms with van der Waals surface area (Å²) in [5.74, 6) is -3.38. The van der Waals surface area contributed by atoms with E-state index in [0.717, 1.165) is 80.5 Å². The summed E-state index contributed by atoms with van der Waals surface area (Å²) in [6.45, 7) is 16.2. The van der Waals surface area contributed by atoms with Crippen LogP contribution in [0.4, 0.5) is 8.78 Å². The number of nitrogens with one attached hydrogen (secondary N) is 1. The quantitative estimate of drug-likeness (QED) is 0.0228. The van der Waals surface area contributed by atoms with E-state index in [1.807, 2.05) is 20.8 Å². The van der Waals surface area contributed by atoms with Crippen molar-refractivity contribution in [2.75, 3.05) is 40.0 Å². The number of benzene rings is 2. The number of ether oxygens (including phenoxy) is 8. The zero-order valence-electron chi connectivity index (χ0n) is 80.7. The average Bonchev–Trinajstić information content (AvgIpc) is 1.59. The van der Waals surface area contributed by atoms with Crippen molar-refractivity contribution in [3.05, 3.63) is 238 Å². The maximum atomic E-state index is 16.0. The first-order chi connectivity index (χ1) is 68.5. The monoisotopic (exact) mass is 2110 g/mol. The second-order valence-corrected chi connectivity index (χ2v) is 44.0. The number of phosphoric acid groups is 1. The van der Waals surface area contributed by atoms with Crippen molar-refractivity contribution in [1.82, 2.24) is 39.9 Å². The molecular weight excluding hydrogens is 2000 g/mol. The number of aromatic nitrogens is 4. The summed E-state index contributed by atoms with van der Waals surface area (Å²) in [6, 6.07) is 27.8. The minimum atomic E-state index is -4.28. The lowest BCUT2D eigenvalue weighted by Gasteiger charge is -2.44. The molecule has 0 bridgehead atoms. The molecule has 6 aromatic rings. The van der Waals surface area contributed by atoms with Crippen LogP contribution in [0.5, 0.6) is 0 Å². The number of carbonyl (C=O) groups is 8. The van der Waals surface area contributed by atoms with Gasteiger partial charge in [0, 0.05) is 129 Å². The van der Waals surface area contributed by atoms with Gasteiger partial charge in [-0.3, -0.25) is 95.2 Å². The van der Waals surface area contributed by atoms with Crippen LogP contribution in [0.2, 0.25) is 10.0 Å². The zero-order chi connectivity index (χ0) is 103. The number of halogens is 4. The summed E-state index contributed by atoms with van der Waals surface area (Å²) < 4.78 is 190. The summed E-state index contributed by atoms with van der Waals surface area (Å²) in [5.41, 5.74) is -0.472. The van der Waals surface area contributed by atoms with Crippen LogP contribution in [0.3, 0.4) is 0 Å². The van der Waals surface area contributed by atoms with Gasteiger partial charge < -0.3 is 37.9 Å². The minimum absolute atomic E-state index is 0.0512. The first-order valence-corrected chi connectivity index (χ1v) is 53.7. The fourth-order valence-corrected chi connectivity index (χ4v) is 23.8. The number of esters is 4. The Morgan fingerprint density at radius 1 is 0.611 bits per heavy atom. The molecule has 2 amide bonds. The number of pyridine rings is 4. The first-order valence-electron chi connectivity index (χ1n) is 46.9. The lowest BCUT2D eigenvalue weighted by atomic mass is 9.65. The number of allylic oxidation sites excluding steroid dienone is 5. The third-order valence-electron chi connectivity index (χ3n) is 25.1. The standard InChI is InChI=1S/C37H46N3O8P.C23H27ClFN2O9P.C23H27ClFN2O8P.C14H14N3O4P/c1-6-37(4,5)36(42)45-31-18-23(2)17-25-12-11-24(3)30(33(25)31)14-13-28-19-29(20-32(41)44-28)47-49(43)40-34(26-9-7-15-38-21-26)46-35(48-49)27-10-8-16-39-22-27;1-14(28)33-21-19(34-22(23(21,2)25)27-10-7-17(29)12-20(27)30)13-32-37(31)35-18(8-9-26(3)36-37)15-5-4-6-16(24)11-15;1-14(28)33-21-19(34-22(23(21,2)25)27-10-8-17(29)12-20(27)30)13-32-36(31)26-9-4-7-18(35-36)15-5-3-6-16(24)11-15;1-2-19-22(18)17-13(11-5-3-7-15-9-11)20-14(21-22)12-6-4-8-16-10-12/h7-12,15-17,21-24,28-31,33,35H,6,13-14,18-20H2,1-5H3;4-7,10-11,18-19,21-22H,8-9,12-13H2,1-3H3;3,5-6,8,10-11,18-19,21-22H,4,7,9,12-13H2,1-2H3,(H,26,31);3-10,14H,2H2,1H3/t23-,24-,28-,29+,30-,31-,33?,35?,49?;18?,19-,21-,22-,23-,37?;18?,19-,21-,22-,23-,36?;/m011./s1. The van der Waals surface area contributed by atoms with E-state index in [0.29, 0.717) is 95.4 Å². The molecule has 2 aliphatic carbocycles. The van der Waals surface area contributed by atoms with Gasteiger partial charge in [0.05, 0.1) is 73.9 Å². The van der Waals surface area contributed by atoms with Gasteiger partial charge in [-0.05, 0) is 199 Å². The molecular formula is C97H114Cl2F2N10O29P4. The summed E-state index contributed by atoms with van der Waals surface area (Å²) in [6.07, 6.45) is 14.5. The number of rotatable bonds is 26. The van der Waals surface area contributed by atoms with Crippen LogP contribution in [0.25, 0.3) is 0 Å². The van der Waals surface area contributed by atoms with Gasteiger partial charge in [-0.2, -0.15) is 9.69 Å². The van der Waals surface area contributed by atoms with Gasteiger partial charge in [-0.15, -0.1) is 9.53 Å². The Morgan fingerprint density at radius 2 is 1.13 bits per heavy atom. The van der Waals surface area contributed by atoms with Crippen molar-refractivity contribution in [2.45, 2.75) is 231 Å². The SMILES string of the molecule is CC(=O)O[C@@H]1[C@@H](COP2(=O)NCCCC(c3cccc(Cl)c3)O2)O[C@@H](N2C=CC(=O)CC2=O)[C@]1(C)F.CC(=O)O[C@@H]1[C@@H](COP2(=O)OC(c3cccc(Cl)c3)CCN(C)O2)O[C@@H](N2C=CC(=O)CC2=O)[C@]1(C)F.CCC(C)(C)C(=O)O[C@H]1C[C@@H](C)C=C2C=C[C@H](C)[C@H](CC[C@H]3C[C@@H](OP4(=O)N=C(c5cccnc5)OC(c5cccnc5)O4)CC(=O)O3)C21.CCOP1(=O)N=C(c2cccnc2)OC(c2cccnc2)O1. The number of nitrogens with zero attached hydrogens (tertiary/aromatic N) is 9. The molecule has 39 nitrogen and oxygen atoms in total. The molecule has 0 saturated carbocycles. The van der Waals surface area contributed by atoms with Crippen molar-refractivity contribution in [3.63, 3.8) is 0 Å². The minimum Gasteiger partial charge on any atom is -0.462 e. The van der Waals surface area contributed by atoms with Crippen molar-refractivity contribution in [3.8, 4) is 0 Å². The number of carbonyl (C=O) groups excluding carboxylic acids is 8. The van der Waals surface area contributed by atoms with Gasteiger partial charge in [0.25, 0.3) is 0 Å². The normalized spacial score (nSPS) is 32.7. The molecule has 0 radical (unpaired) electrons. The highest BCUT2D eigenvalue weighted by atomic mass is 35.5. The Morgan fingerprint density at radius 3 is 1.64 bits per heavy atom. The lowest BCUT2D eigenvalue weighted by Crippen LogP contribution is -2.52. The van der Waals surface area contributed by atoms with E-state index < -0.39 is 189 Å². The molecule has 17 rings (SSSR count). The topological polar surface area (TPSA) is 460 Å². The second kappa shape index (κ2) is 47.8. The number of amides is 2. The molecule has 11 aliphatic rings. The lowest BCUT2D eigenvalue weighted by molar-refractivity contribution is -0.166. The van der Waals surface area contributed by atoms with E-state index in [1.165, 1.54) is 10.6 Å². The van der Waals surface area contributed by atoms with Gasteiger partial charge in [0.2, 0.25) is 36.2 Å². The average molecular weight is 2120 g/mol. The van der Waals surface area contributed by atoms with Crippen LogP contribution < -0.4 is 5.09 Å². The molecule has 9 aliphatic heterocycles. The third kappa shape index (κ3) is 28.1. The molecule has 1 N–H and O–H groups in total. The number of cyclic esters (lactones) is 1. The Hall–Kier alpha value is -10.1. The Labute approximate surface area is 840 Å². The predicted molar refractivity (Wildman–Crippen MR) is 513 cm³/mol. The second-order valence-electron chi connectivity index (χ2n) is 36.7. The molecule has 2 aromatic carbocycles. The van der Waals surface area contributed by atoms with E-state index in [9.17, 15) is 56.6 Å². The largest absolute Gasteiger partial charge is 0.492 e. The fourth-order valence-electron chi connectivity index (χ4n) is 17.7. The van der Waals surface area contributed by atoms with Crippen LogP contribution in [-0.2, 0) is 135 Å². The molecule has 5 saturated heterocycles. The van der Waals surface area contributed by atoms with Gasteiger partial charge >= 0.3 is 54.9 Å². The summed E-state index contributed by atoms with van der Waals surface area (Å²) >= 11 is 12.2. The molecule has 13 heterocycles. The summed E-state index contributed by atoms with van der Waals surface area (Å²) in [7, 11) is -14.4. The van der Waals surface area contributed by atoms with Crippen molar-refractivity contribution in [1.29, 1.82) is 0 Å². The zero-order valence-corrected chi connectivity index (χ0v) is 85.8. The number of alkyl halides is 2.